The first-order valence-corrected chi connectivity index (χ1v) is 6.03. The molecule has 1 aromatic rings. The maximum absolute atomic E-state index is 11.5. The highest BCUT2D eigenvalue weighted by Gasteiger charge is 2.06. The second kappa shape index (κ2) is 5.95. The third-order valence-corrected chi connectivity index (χ3v) is 3.05. The van der Waals surface area contributed by atoms with Crippen LogP contribution in [-0.4, -0.2) is 12.1 Å². The summed E-state index contributed by atoms with van der Waals surface area (Å²) in [5.74, 6) is 0. The Morgan fingerprint density at radius 1 is 1.47 bits per heavy atom. The molecular formula is C11H15IN2O. The molecule has 1 aromatic carbocycles. The number of hydrogen-bond acceptors (Lipinski definition) is 1. The predicted molar refractivity (Wildman–Crippen MR) is 71.1 cm³/mol. The number of benzene rings is 1. The second-order valence-electron chi connectivity index (χ2n) is 3.39. The van der Waals surface area contributed by atoms with E-state index in [0.29, 0.717) is 0 Å². The van der Waals surface area contributed by atoms with Gasteiger partial charge >= 0.3 is 6.03 Å². The van der Waals surface area contributed by atoms with Crippen molar-refractivity contribution < 1.29 is 4.79 Å². The van der Waals surface area contributed by atoms with Crippen LogP contribution >= 0.6 is 22.6 Å². The number of hydrogen-bond donors (Lipinski definition) is 2. The average Bonchev–Trinajstić information content (AvgIpc) is 2.21. The Labute approximate surface area is 104 Å². The minimum absolute atomic E-state index is 0.145. The van der Waals surface area contributed by atoms with Crippen molar-refractivity contribution in [3.63, 3.8) is 0 Å². The number of nitrogens with one attached hydrogen (secondary N) is 2. The molecule has 0 radical (unpaired) electrons. The van der Waals surface area contributed by atoms with Crippen molar-refractivity contribution in [1.82, 2.24) is 5.32 Å². The largest absolute Gasteiger partial charge is 0.335 e. The van der Waals surface area contributed by atoms with E-state index < -0.39 is 0 Å². The molecule has 1 atom stereocenters. The van der Waals surface area contributed by atoms with Gasteiger partial charge in [-0.05, 0) is 48.1 Å². The van der Waals surface area contributed by atoms with Gasteiger partial charge in [-0.3, -0.25) is 0 Å². The summed E-state index contributed by atoms with van der Waals surface area (Å²) in [6.07, 6.45) is 0.930. The van der Waals surface area contributed by atoms with Crippen molar-refractivity contribution in [2.75, 3.05) is 5.32 Å². The molecule has 15 heavy (non-hydrogen) atoms. The molecule has 0 aromatic heterocycles. The number of para-hydroxylation sites is 1. The summed E-state index contributed by atoms with van der Waals surface area (Å²) in [5.41, 5.74) is 0.846. The molecule has 0 heterocycles. The summed E-state index contributed by atoms with van der Waals surface area (Å²) in [6.45, 7) is 4.02. The van der Waals surface area contributed by atoms with E-state index in [0.717, 1.165) is 15.7 Å². The van der Waals surface area contributed by atoms with Crippen LogP contribution in [0.15, 0.2) is 24.3 Å². The third-order valence-electron chi connectivity index (χ3n) is 2.11. The summed E-state index contributed by atoms with van der Waals surface area (Å²) in [4.78, 5) is 11.5. The number of halogens is 1. The molecule has 0 aliphatic carbocycles. The second-order valence-corrected chi connectivity index (χ2v) is 4.55. The first-order chi connectivity index (χ1) is 7.13. The SMILES string of the molecule is CC[C@H](C)NC(=O)Nc1ccccc1I. The van der Waals surface area contributed by atoms with Crippen LogP contribution in [0.3, 0.4) is 0 Å². The van der Waals surface area contributed by atoms with Gasteiger partial charge in [-0.1, -0.05) is 19.1 Å². The first-order valence-electron chi connectivity index (χ1n) is 4.95. The van der Waals surface area contributed by atoms with E-state index in [1.165, 1.54) is 0 Å². The zero-order valence-electron chi connectivity index (χ0n) is 8.88. The molecule has 0 saturated heterocycles. The standard InChI is InChI=1S/C11H15IN2O/c1-3-8(2)13-11(15)14-10-7-5-4-6-9(10)12/h4-8H,3H2,1-2H3,(H2,13,14,15)/t8-/m0/s1. The van der Waals surface area contributed by atoms with Crippen LogP contribution in [0, 0.1) is 3.57 Å². The molecule has 0 aliphatic rings. The van der Waals surface area contributed by atoms with Gasteiger partial charge in [0.1, 0.15) is 0 Å². The Balaban J connectivity index is 2.55. The Kier molecular flexibility index (Phi) is 4.87. The van der Waals surface area contributed by atoms with Crippen LogP contribution < -0.4 is 10.6 Å². The minimum Gasteiger partial charge on any atom is -0.335 e. The van der Waals surface area contributed by atoms with Crippen LogP contribution in [-0.2, 0) is 0 Å². The van der Waals surface area contributed by atoms with Crippen LogP contribution in [0.4, 0.5) is 10.5 Å². The van der Waals surface area contributed by atoms with Gasteiger partial charge in [0.05, 0.1) is 5.69 Å². The molecule has 2 amide bonds. The van der Waals surface area contributed by atoms with Gasteiger partial charge in [-0.25, -0.2) is 4.79 Å². The lowest BCUT2D eigenvalue weighted by Crippen LogP contribution is -2.35. The molecule has 0 bridgehead atoms. The van der Waals surface area contributed by atoms with E-state index in [2.05, 4.69) is 33.2 Å². The smallest absolute Gasteiger partial charge is 0.319 e. The molecule has 1 rings (SSSR count). The van der Waals surface area contributed by atoms with E-state index >= 15 is 0 Å². The van der Waals surface area contributed by atoms with Gasteiger partial charge < -0.3 is 10.6 Å². The fourth-order valence-electron chi connectivity index (χ4n) is 1.05. The van der Waals surface area contributed by atoms with E-state index in [1.54, 1.807) is 0 Å². The number of anilines is 1. The van der Waals surface area contributed by atoms with Crippen molar-refractivity contribution >= 4 is 34.3 Å². The highest BCUT2D eigenvalue weighted by atomic mass is 127. The molecule has 3 nitrogen and oxygen atoms in total. The van der Waals surface area contributed by atoms with Crippen molar-refractivity contribution in [2.24, 2.45) is 0 Å². The number of carbonyl (C=O) groups excluding carboxylic acids is 1. The zero-order chi connectivity index (χ0) is 11.3. The van der Waals surface area contributed by atoms with Gasteiger partial charge in [0.25, 0.3) is 0 Å². The quantitative estimate of drug-likeness (QED) is 0.826. The summed E-state index contributed by atoms with van der Waals surface area (Å²) in [6, 6.07) is 7.75. The highest BCUT2D eigenvalue weighted by molar-refractivity contribution is 14.1. The van der Waals surface area contributed by atoms with Gasteiger partial charge in [-0.15, -0.1) is 0 Å². The van der Waals surface area contributed by atoms with E-state index in [4.69, 9.17) is 0 Å². The molecule has 0 fully saturated rings. The minimum atomic E-state index is -0.145. The number of rotatable bonds is 3. The average molecular weight is 318 g/mol. The van der Waals surface area contributed by atoms with Gasteiger partial charge in [0.15, 0.2) is 0 Å². The van der Waals surface area contributed by atoms with Crippen LogP contribution in [0.2, 0.25) is 0 Å². The topological polar surface area (TPSA) is 41.1 Å². The van der Waals surface area contributed by atoms with E-state index in [-0.39, 0.29) is 12.1 Å². The van der Waals surface area contributed by atoms with Gasteiger partial charge in [-0.2, -0.15) is 0 Å². The normalized spacial score (nSPS) is 11.9. The maximum Gasteiger partial charge on any atom is 0.319 e. The number of urea groups is 1. The Hall–Kier alpha value is -0.780. The Bertz CT molecular complexity index is 341. The molecular weight excluding hydrogens is 303 g/mol. The predicted octanol–water partition coefficient (Wildman–Crippen LogP) is 3.21. The molecule has 0 unspecified atom stereocenters. The first kappa shape index (κ1) is 12.3. The molecule has 0 spiro atoms. The van der Waals surface area contributed by atoms with Crippen molar-refractivity contribution in [2.45, 2.75) is 26.3 Å². The zero-order valence-corrected chi connectivity index (χ0v) is 11.0. The summed E-state index contributed by atoms with van der Waals surface area (Å²) >= 11 is 2.19. The highest BCUT2D eigenvalue weighted by Crippen LogP contribution is 2.16. The lowest BCUT2D eigenvalue weighted by molar-refractivity contribution is 0.249. The Morgan fingerprint density at radius 3 is 2.73 bits per heavy atom. The van der Waals surface area contributed by atoms with Crippen LogP contribution in [0.25, 0.3) is 0 Å². The molecule has 4 heteroatoms. The molecule has 0 saturated carbocycles. The number of carbonyl (C=O) groups is 1. The monoisotopic (exact) mass is 318 g/mol. The van der Waals surface area contributed by atoms with Gasteiger partial charge in [0.2, 0.25) is 0 Å². The molecule has 82 valence electrons. The summed E-state index contributed by atoms with van der Waals surface area (Å²) in [7, 11) is 0. The molecule has 2 N–H and O–H groups in total. The summed E-state index contributed by atoms with van der Waals surface area (Å²) < 4.78 is 1.04. The summed E-state index contributed by atoms with van der Waals surface area (Å²) in [5, 5.41) is 5.67. The third kappa shape index (κ3) is 4.07. The van der Waals surface area contributed by atoms with E-state index in [1.807, 2.05) is 38.1 Å². The van der Waals surface area contributed by atoms with E-state index in [9.17, 15) is 4.79 Å². The van der Waals surface area contributed by atoms with Crippen molar-refractivity contribution in [3.8, 4) is 0 Å². The number of amides is 2. The van der Waals surface area contributed by atoms with Crippen LogP contribution in [0.5, 0.6) is 0 Å². The van der Waals surface area contributed by atoms with Crippen molar-refractivity contribution in [3.05, 3.63) is 27.8 Å². The lowest BCUT2D eigenvalue weighted by Gasteiger charge is -2.13. The fourth-order valence-corrected chi connectivity index (χ4v) is 1.57. The fraction of sp³-hybridized carbons (Fsp3) is 0.364. The lowest BCUT2D eigenvalue weighted by atomic mass is 10.3. The maximum atomic E-state index is 11.5. The van der Waals surface area contributed by atoms with Crippen molar-refractivity contribution in [1.29, 1.82) is 0 Å². The van der Waals surface area contributed by atoms with Gasteiger partial charge in [0, 0.05) is 9.61 Å². The molecule has 0 aliphatic heterocycles. The Morgan fingerprint density at radius 2 is 2.13 bits per heavy atom. The van der Waals surface area contributed by atoms with Crippen LogP contribution in [0.1, 0.15) is 20.3 Å².